The van der Waals surface area contributed by atoms with E-state index in [1.165, 1.54) is 34.6 Å². The van der Waals surface area contributed by atoms with Gasteiger partial charge in [0.2, 0.25) is 10.0 Å². The van der Waals surface area contributed by atoms with Gasteiger partial charge in [0.15, 0.2) is 5.11 Å². The number of anilines is 1. The summed E-state index contributed by atoms with van der Waals surface area (Å²) >= 11 is 5.20. The number of hydrogen-bond acceptors (Lipinski definition) is 7. The van der Waals surface area contributed by atoms with E-state index >= 15 is 0 Å². The molecule has 4 aromatic carbocycles. The van der Waals surface area contributed by atoms with Gasteiger partial charge in [-0.25, -0.2) is 8.42 Å². The molecule has 1 fully saturated rings. The Morgan fingerprint density at radius 2 is 1.40 bits per heavy atom. The SMILES string of the molecule is O=C(NC(=S)Nc1ccc(S(=O)(=O)N2CCN(C(c3ccccc3)c3ccccc3)CC2)cc1)c1cccc([N+](=O)[O-])c1. The number of non-ortho nitro benzene ring substituents is 1. The van der Waals surface area contributed by atoms with Gasteiger partial charge in [-0.05, 0) is 53.7 Å². The first kappa shape index (κ1) is 30.0. The molecule has 4 aromatic rings. The second-order valence-electron chi connectivity index (χ2n) is 9.90. The van der Waals surface area contributed by atoms with Crippen LogP contribution in [0.3, 0.4) is 0 Å². The quantitative estimate of drug-likeness (QED) is 0.164. The summed E-state index contributed by atoms with van der Waals surface area (Å²) in [4.78, 5) is 25.3. The van der Waals surface area contributed by atoms with Gasteiger partial charge in [0.25, 0.3) is 11.6 Å². The molecule has 12 heteroatoms. The molecule has 0 saturated carbocycles. The van der Waals surface area contributed by atoms with Gasteiger partial charge in [-0.1, -0.05) is 66.7 Å². The van der Waals surface area contributed by atoms with E-state index in [1.54, 1.807) is 12.1 Å². The van der Waals surface area contributed by atoms with Crippen molar-refractivity contribution >= 4 is 44.6 Å². The Morgan fingerprint density at radius 3 is 1.95 bits per heavy atom. The Kier molecular flexibility index (Phi) is 9.22. The number of thiocarbonyl (C=S) groups is 1. The van der Waals surface area contributed by atoms with Crippen LogP contribution in [0.5, 0.6) is 0 Å². The van der Waals surface area contributed by atoms with E-state index in [0.717, 1.165) is 17.2 Å². The molecule has 1 saturated heterocycles. The van der Waals surface area contributed by atoms with Crippen molar-refractivity contribution in [2.75, 3.05) is 31.5 Å². The van der Waals surface area contributed by atoms with Crippen LogP contribution in [0.15, 0.2) is 114 Å². The summed E-state index contributed by atoms with van der Waals surface area (Å²) in [5, 5.41) is 16.3. The van der Waals surface area contributed by atoms with Gasteiger partial charge in [-0.15, -0.1) is 0 Å². The Bertz CT molecular complexity index is 1670. The van der Waals surface area contributed by atoms with Crippen molar-refractivity contribution in [1.29, 1.82) is 0 Å². The summed E-state index contributed by atoms with van der Waals surface area (Å²) < 4.78 is 28.4. The van der Waals surface area contributed by atoms with Gasteiger partial charge < -0.3 is 5.32 Å². The predicted octanol–water partition coefficient (Wildman–Crippen LogP) is 4.82. The van der Waals surface area contributed by atoms with Crippen LogP contribution in [0.25, 0.3) is 0 Å². The average Bonchev–Trinajstić information content (AvgIpc) is 3.03. The lowest BCUT2D eigenvalue weighted by Gasteiger charge is -2.39. The molecule has 0 spiro atoms. The lowest BCUT2D eigenvalue weighted by molar-refractivity contribution is -0.384. The van der Waals surface area contributed by atoms with Crippen molar-refractivity contribution in [1.82, 2.24) is 14.5 Å². The maximum absolute atomic E-state index is 13.5. The Labute approximate surface area is 255 Å². The van der Waals surface area contributed by atoms with Crippen molar-refractivity contribution in [2.24, 2.45) is 0 Å². The lowest BCUT2D eigenvalue weighted by atomic mass is 9.96. The summed E-state index contributed by atoms with van der Waals surface area (Å²) in [5.74, 6) is -0.610. The van der Waals surface area contributed by atoms with Gasteiger partial charge in [-0.3, -0.25) is 25.1 Å². The molecule has 2 N–H and O–H groups in total. The minimum Gasteiger partial charge on any atom is -0.332 e. The number of nitro benzene ring substituents is 1. The van der Waals surface area contributed by atoms with Crippen LogP contribution in [-0.4, -0.2) is 59.7 Å². The highest BCUT2D eigenvalue weighted by atomic mass is 32.2. The normalized spacial score (nSPS) is 14.3. The van der Waals surface area contributed by atoms with E-state index in [9.17, 15) is 23.3 Å². The third-order valence-electron chi connectivity index (χ3n) is 7.17. The molecule has 0 radical (unpaired) electrons. The molecule has 0 atom stereocenters. The molecule has 0 aliphatic carbocycles. The van der Waals surface area contributed by atoms with Gasteiger partial charge >= 0.3 is 0 Å². The minimum atomic E-state index is -3.73. The summed E-state index contributed by atoms with van der Waals surface area (Å²) in [5.41, 5.74) is 2.66. The van der Waals surface area contributed by atoms with E-state index in [4.69, 9.17) is 12.2 Å². The van der Waals surface area contributed by atoms with E-state index in [0.29, 0.717) is 31.9 Å². The predicted molar refractivity (Wildman–Crippen MR) is 168 cm³/mol. The lowest BCUT2D eigenvalue weighted by Crippen LogP contribution is -2.49. The van der Waals surface area contributed by atoms with Crippen LogP contribution in [0.1, 0.15) is 27.5 Å². The number of carbonyl (C=O) groups is 1. The second-order valence-corrected chi connectivity index (χ2v) is 12.3. The smallest absolute Gasteiger partial charge is 0.270 e. The maximum atomic E-state index is 13.5. The largest absolute Gasteiger partial charge is 0.332 e. The summed E-state index contributed by atoms with van der Waals surface area (Å²) in [6, 6.07) is 31.9. The molecule has 5 rings (SSSR count). The van der Waals surface area contributed by atoms with E-state index in [2.05, 4.69) is 39.8 Å². The number of nitro groups is 1. The number of carbonyl (C=O) groups excluding carboxylic acids is 1. The summed E-state index contributed by atoms with van der Waals surface area (Å²) in [6.45, 7) is 1.86. The molecular formula is C31H29N5O5S2. The zero-order chi connectivity index (χ0) is 30.4. The zero-order valence-electron chi connectivity index (χ0n) is 23.0. The van der Waals surface area contributed by atoms with E-state index < -0.39 is 20.9 Å². The van der Waals surface area contributed by atoms with Gasteiger partial charge in [0, 0.05) is 49.6 Å². The van der Waals surface area contributed by atoms with Crippen LogP contribution < -0.4 is 10.6 Å². The van der Waals surface area contributed by atoms with Crippen molar-refractivity contribution in [3.63, 3.8) is 0 Å². The third-order valence-corrected chi connectivity index (χ3v) is 9.28. The number of nitrogens with zero attached hydrogens (tertiary/aromatic N) is 3. The van der Waals surface area contributed by atoms with Crippen molar-refractivity contribution in [3.05, 3.63) is 136 Å². The number of piperazine rings is 1. The van der Waals surface area contributed by atoms with E-state index in [1.807, 2.05) is 36.4 Å². The molecule has 1 heterocycles. The van der Waals surface area contributed by atoms with Crippen LogP contribution in [0.4, 0.5) is 11.4 Å². The second kappa shape index (κ2) is 13.2. The van der Waals surface area contributed by atoms with Crippen molar-refractivity contribution < 1.29 is 18.1 Å². The molecule has 1 aliphatic heterocycles. The molecule has 0 unspecified atom stereocenters. The zero-order valence-corrected chi connectivity index (χ0v) is 24.6. The number of amides is 1. The van der Waals surface area contributed by atoms with Crippen LogP contribution in [0.2, 0.25) is 0 Å². The molecule has 1 amide bonds. The Morgan fingerprint density at radius 1 is 0.814 bits per heavy atom. The molecule has 43 heavy (non-hydrogen) atoms. The summed E-state index contributed by atoms with van der Waals surface area (Å²) in [7, 11) is -3.73. The van der Waals surface area contributed by atoms with Crippen LogP contribution in [0, 0.1) is 10.1 Å². The van der Waals surface area contributed by atoms with Gasteiger partial charge in [0.05, 0.1) is 15.9 Å². The fourth-order valence-corrected chi connectivity index (χ4v) is 6.68. The molecule has 10 nitrogen and oxygen atoms in total. The monoisotopic (exact) mass is 615 g/mol. The number of nitrogens with one attached hydrogen (secondary N) is 2. The third kappa shape index (κ3) is 7.12. The number of rotatable bonds is 8. The topological polar surface area (TPSA) is 125 Å². The number of sulfonamides is 1. The summed E-state index contributed by atoms with van der Waals surface area (Å²) in [6.07, 6.45) is 0. The van der Waals surface area contributed by atoms with E-state index in [-0.39, 0.29) is 27.3 Å². The average molecular weight is 616 g/mol. The fourth-order valence-electron chi connectivity index (χ4n) is 5.04. The molecular weight excluding hydrogens is 587 g/mol. The molecule has 0 bridgehead atoms. The highest BCUT2D eigenvalue weighted by Crippen LogP contribution is 2.30. The van der Waals surface area contributed by atoms with Gasteiger partial charge in [0.1, 0.15) is 0 Å². The van der Waals surface area contributed by atoms with Crippen LogP contribution >= 0.6 is 12.2 Å². The molecule has 0 aromatic heterocycles. The highest BCUT2D eigenvalue weighted by Gasteiger charge is 2.32. The number of benzene rings is 4. The first-order chi connectivity index (χ1) is 20.7. The standard InChI is InChI=1S/C31H29N5O5S2/c37-30(25-12-7-13-27(22-25)36(38)39)33-31(42)32-26-14-16-28(17-15-26)43(40,41)35-20-18-34(19-21-35)29(23-8-3-1-4-9-23)24-10-5-2-6-11-24/h1-17,22,29H,18-21H2,(H2,32,33,37,42). The first-order valence-corrected chi connectivity index (χ1v) is 15.4. The number of hydrogen-bond donors (Lipinski definition) is 2. The first-order valence-electron chi connectivity index (χ1n) is 13.5. The highest BCUT2D eigenvalue weighted by molar-refractivity contribution is 7.89. The molecule has 220 valence electrons. The maximum Gasteiger partial charge on any atom is 0.270 e. The Hall–Kier alpha value is -4.49. The Balaban J connectivity index is 1.20. The molecule has 1 aliphatic rings. The van der Waals surface area contributed by atoms with Crippen LogP contribution in [-0.2, 0) is 10.0 Å². The van der Waals surface area contributed by atoms with Crippen molar-refractivity contribution in [3.8, 4) is 0 Å². The van der Waals surface area contributed by atoms with Crippen molar-refractivity contribution in [2.45, 2.75) is 10.9 Å². The fraction of sp³-hybridized carbons (Fsp3) is 0.161. The van der Waals surface area contributed by atoms with Gasteiger partial charge in [-0.2, -0.15) is 4.31 Å². The minimum absolute atomic E-state index is 0.0268.